The van der Waals surface area contributed by atoms with E-state index in [0.717, 1.165) is 11.1 Å². The van der Waals surface area contributed by atoms with E-state index in [-0.39, 0.29) is 29.5 Å². The molecule has 0 saturated heterocycles. The van der Waals surface area contributed by atoms with E-state index in [1.54, 1.807) is 0 Å². The molecule has 6 heteroatoms. The molecule has 0 aliphatic heterocycles. The molecule has 0 amide bonds. The lowest BCUT2D eigenvalue weighted by atomic mass is 9.75. The van der Waals surface area contributed by atoms with Crippen LogP contribution in [0.1, 0.15) is 85.4 Å². The van der Waals surface area contributed by atoms with Crippen molar-refractivity contribution in [1.82, 2.24) is 0 Å². The molecule has 0 fully saturated rings. The summed E-state index contributed by atoms with van der Waals surface area (Å²) in [6, 6.07) is 4.34. The van der Waals surface area contributed by atoms with Crippen molar-refractivity contribution in [3.63, 3.8) is 0 Å². The molecule has 27 heavy (non-hydrogen) atoms. The Kier molecular flexibility index (Phi) is 9.91. The summed E-state index contributed by atoms with van der Waals surface area (Å²) >= 11 is 0. The first kappa shape index (κ1) is 26.3. The Morgan fingerprint density at radius 1 is 0.815 bits per heavy atom. The van der Waals surface area contributed by atoms with Crippen molar-refractivity contribution >= 4 is 8.60 Å². The molecule has 5 nitrogen and oxygen atoms in total. The number of rotatable bonds is 4. The highest BCUT2D eigenvalue weighted by Crippen LogP contribution is 2.41. The molecular formula is C21H39O5P. The van der Waals surface area contributed by atoms with Crippen LogP contribution in [-0.4, -0.2) is 33.2 Å². The Labute approximate surface area is 166 Å². The Morgan fingerprint density at radius 3 is 1.48 bits per heavy atom. The van der Waals surface area contributed by atoms with Crippen molar-refractivity contribution in [2.24, 2.45) is 0 Å². The SMILES string of the molecule is CC(C)(C)c1cc(C(C)(C)C)c(O)c(C(C)(C)C)c1.OCCCOP(O)O. The topological polar surface area (TPSA) is 90.2 Å². The summed E-state index contributed by atoms with van der Waals surface area (Å²) in [5.41, 5.74) is 3.37. The van der Waals surface area contributed by atoms with E-state index in [1.165, 1.54) is 5.56 Å². The quantitative estimate of drug-likeness (QED) is 0.426. The second-order valence-corrected chi connectivity index (χ2v) is 10.6. The van der Waals surface area contributed by atoms with E-state index in [2.05, 4.69) is 79.0 Å². The molecule has 0 spiro atoms. The number of hydrogen-bond acceptors (Lipinski definition) is 5. The first-order valence-electron chi connectivity index (χ1n) is 9.32. The lowest BCUT2D eigenvalue weighted by Crippen LogP contribution is -2.21. The molecule has 0 aliphatic carbocycles. The van der Waals surface area contributed by atoms with Crippen LogP contribution in [0.5, 0.6) is 5.75 Å². The third-order valence-electron chi connectivity index (χ3n) is 4.10. The van der Waals surface area contributed by atoms with Crippen LogP contribution in [-0.2, 0) is 20.8 Å². The van der Waals surface area contributed by atoms with Gasteiger partial charge in [0.25, 0.3) is 0 Å². The van der Waals surface area contributed by atoms with Crippen LogP contribution in [0.4, 0.5) is 0 Å². The van der Waals surface area contributed by atoms with Gasteiger partial charge in [0.1, 0.15) is 5.75 Å². The molecule has 0 heterocycles. The van der Waals surface area contributed by atoms with Crippen molar-refractivity contribution in [2.75, 3.05) is 13.2 Å². The van der Waals surface area contributed by atoms with Crippen LogP contribution >= 0.6 is 8.60 Å². The molecule has 1 aromatic carbocycles. The summed E-state index contributed by atoms with van der Waals surface area (Å²) < 4.78 is 4.30. The van der Waals surface area contributed by atoms with Gasteiger partial charge in [0.15, 0.2) is 0 Å². The van der Waals surface area contributed by atoms with Crippen molar-refractivity contribution in [3.8, 4) is 5.75 Å². The van der Waals surface area contributed by atoms with Crippen LogP contribution in [0.2, 0.25) is 0 Å². The predicted molar refractivity (Wildman–Crippen MR) is 113 cm³/mol. The maximum absolute atomic E-state index is 10.7. The van der Waals surface area contributed by atoms with E-state index in [4.69, 9.17) is 14.9 Å². The molecule has 0 atom stereocenters. The zero-order valence-electron chi connectivity index (χ0n) is 18.4. The van der Waals surface area contributed by atoms with Gasteiger partial charge in [-0.2, -0.15) is 0 Å². The van der Waals surface area contributed by atoms with Gasteiger partial charge in [0.2, 0.25) is 0 Å². The molecule has 0 aliphatic rings. The Bertz CT molecular complexity index is 543. The Balaban J connectivity index is 0.000000713. The molecule has 4 N–H and O–H groups in total. The highest BCUT2D eigenvalue weighted by atomic mass is 31.2. The van der Waals surface area contributed by atoms with Gasteiger partial charge in [0, 0.05) is 6.61 Å². The monoisotopic (exact) mass is 402 g/mol. The predicted octanol–water partition coefficient (Wildman–Crippen LogP) is 4.88. The zero-order valence-corrected chi connectivity index (χ0v) is 19.3. The number of benzene rings is 1. The fraction of sp³-hybridized carbons (Fsp3) is 0.714. The number of aromatic hydroxyl groups is 1. The zero-order chi connectivity index (χ0) is 21.6. The van der Waals surface area contributed by atoms with Gasteiger partial charge < -0.3 is 24.5 Å². The van der Waals surface area contributed by atoms with Gasteiger partial charge in [0.05, 0.1) is 6.61 Å². The van der Waals surface area contributed by atoms with E-state index in [1.807, 2.05) is 0 Å². The standard InChI is InChI=1S/C18H30O.C3H9O4P/c1-16(2,3)12-10-13(17(4,5)6)15(19)14(11-12)18(7,8)9;4-2-1-3-7-8(5)6/h10-11,19H,1-9H3;4-6H,1-3H2. The molecular weight excluding hydrogens is 363 g/mol. The van der Waals surface area contributed by atoms with Gasteiger partial charge in [-0.15, -0.1) is 0 Å². The van der Waals surface area contributed by atoms with E-state index in [9.17, 15) is 5.11 Å². The van der Waals surface area contributed by atoms with Crippen LogP contribution in [0.25, 0.3) is 0 Å². The van der Waals surface area contributed by atoms with E-state index < -0.39 is 8.60 Å². The molecule has 1 rings (SSSR count). The Hall–Kier alpha value is -0.710. The summed E-state index contributed by atoms with van der Waals surface area (Å²) in [6.07, 6.45) is 0.444. The van der Waals surface area contributed by atoms with Crippen LogP contribution in [0, 0.1) is 0 Å². The first-order valence-corrected chi connectivity index (χ1v) is 10.5. The minimum atomic E-state index is -2.22. The van der Waals surface area contributed by atoms with Crippen molar-refractivity contribution < 1.29 is 24.5 Å². The number of hydrogen-bond donors (Lipinski definition) is 4. The fourth-order valence-corrected chi connectivity index (χ4v) is 2.71. The number of phenolic OH excluding ortho intramolecular Hbond substituents is 1. The minimum absolute atomic E-state index is 0.0170. The summed E-state index contributed by atoms with van der Waals surface area (Å²) in [6.45, 7) is 19.8. The summed E-state index contributed by atoms with van der Waals surface area (Å²) in [5, 5.41) is 18.8. The van der Waals surface area contributed by atoms with Gasteiger partial charge in [-0.1, -0.05) is 74.4 Å². The molecule has 0 bridgehead atoms. The van der Waals surface area contributed by atoms with Crippen molar-refractivity contribution in [1.29, 1.82) is 0 Å². The van der Waals surface area contributed by atoms with Crippen LogP contribution in [0.3, 0.4) is 0 Å². The van der Waals surface area contributed by atoms with Gasteiger partial charge in [-0.25, -0.2) is 0 Å². The molecule has 0 radical (unpaired) electrons. The largest absolute Gasteiger partial charge is 0.507 e. The third kappa shape index (κ3) is 9.36. The maximum Gasteiger partial charge on any atom is 0.327 e. The molecule has 0 unspecified atom stereocenters. The number of phenols is 1. The molecule has 0 aromatic heterocycles. The van der Waals surface area contributed by atoms with Crippen molar-refractivity contribution in [3.05, 3.63) is 28.8 Å². The normalized spacial score (nSPS) is 12.8. The summed E-state index contributed by atoms with van der Waals surface area (Å²) in [7, 11) is -2.22. The van der Waals surface area contributed by atoms with Gasteiger partial charge in [-0.05, 0) is 39.4 Å². The maximum atomic E-state index is 10.7. The smallest absolute Gasteiger partial charge is 0.327 e. The van der Waals surface area contributed by atoms with E-state index in [0.29, 0.717) is 12.2 Å². The van der Waals surface area contributed by atoms with Crippen LogP contribution < -0.4 is 0 Å². The lowest BCUT2D eigenvalue weighted by Gasteiger charge is -2.31. The average Bonchev–Trinajstić information content (AvgIpc) is 2.44. The van der Waals surface area contributed by atoms with Gasteiger partial charge in [-0.3, -0.25) is 0 Å². The number of aliphatic hydroxyl groups is 1. The molecule has 158 valence electrons. The first-order chi connectivity index (χ1) is 12.0. The molecule has 0 saturated carbocycles. The number of aliphatic hydroxyl groups excluding tert-OH is 1. The summed E-state index contributed by atoms with van der Waals surface area (Å²) in [4.78, 5) is 16.2. The van der Waals surface area contributed by atoms with Crippen molar-refractivity contribution in [2.45, 2.75) is 85.0 Å². The lowest BCUT2D eigenvalue weighted by molar-refractivity contribution is 0.212. The molecule has 1 aromatic rings. The Morgan fingerprint density at radius 2 is 1.22 bits per heavy atom. The average molecular weight is 403 g/mol. The highest BCUT2D eigenvalue weighted by Gasteiger charge is 2.28. The van der Waals surface area contributed by atoms with E-state index >= 15 is 0 Å². The van der Waals surface area contributed by atoms with Gasteiger partial charge >= 0.3 is 8.60 Å². The van der Waals surface area contributed by atoms with Crippen LogP contribution in [0.15, 0.2) is 12.1 Å². The second kappa shape index (κ2) is 10.2. The third-order valence-corrected chi connectivity index (χ3v) is 4.51. The fourth-order valence-electron chi connectivity index (χ4n) is 2.42. The highest BCUT2D eigenvalue weighted by molar-refractivity contribution is 7.39. The summed E-state index contributed by atoms with van der Waals surface area (Å²) in [5.74, 6) is 0.466. The minimum Gasteiger partial charge on any atom is -0.507 e. The second-order valence-electron chi connectivity index (χ2n) is 9.83.